The summed E-state index contributed by atoms with van der Waals surface area (Å²) in [6.07, 6.45) is 0. The van der Waals surface area contributed by atoms with E-state index in [2.05, 4.69) is 28.2 Å². The summed E-state index contributed by atoms with van der Waals surface area (Å²) in [7, 11) is 0. The molecule has 0 aliphatic carbocycles. The van der Waals surface area contributed by atoms with Crippen LogP contribution in [0.2, 0.25) is 5.02 Å². The number of benzene rings is 2. The van der Waals surface area contributed by atoms with Crippen molar-refractivity contribution in [2.24, 2.45) is 0 Å². The molecule has 0 aliphatic rings. The van der Waals surface area contributed by atoms with Crippen molar-refractivity contribution < 1.29 is 5.11 Å². The Hall–Kier alpha value is -1.03. The van der Waals surface area contributed by atoms with Gasteiger partial charge in [-0.3, -0.25) is 0 Å². The zero-order valence-corrected chi connectivity index (χ0v) is 12.9. The Bertz CT molecular complexity index is 557. The third-order valence-electron chi connectivity index (χ3n) is 3.04. The van der Waals surface area contributed by atoms with E-state index in [0.717, 1.165) is 10.6 Å². The number of hydrogen-bond donors (Lipinski definition) is 2. The van der Waals surface area contributed by atoms with Crippen LogP contribution in [0, 0.1) is 0 Å². The zero-order valence-electron chi connectivity index (χ0n) is 10.5. The van der Waals surface area contributed by atoms with Crippen LogP contribution in [0.15, 0.2) is 46.9 Å². The van der Waals surface area contributed by atoms with Gasteiger partial charge < -0.3 is 10.4 Å². The van der Waals surface area contributed by atoms with Crippen LogP contribution >= 0.6 is 27.5 Å². The monoisotopic (exact) mass is 339 g/mol. The lowest BCUT2D eigenvalue weighted by molar-refractivity contribution is 0.457. The second-order valence-corrected chi connectivity index (χ2v) is 5.69. The maximum Gasteiger partial charge on any atom is 0.134 e. The fourth-order valence-electron chi connectivity index (χ4n) is 1.84. The number of hydrogen-bond acceptors (Lipinski definition) is 2. The van der Waals surface area contributed by atoms with Gasteiger partial charge in [-0.1, -0.05) is 35.9 Å². The van der Waals surface area contributed by atoms with E-state index in [-0.39, 0.29) is 6.04 Å². The summed E-state index contributed by atoms with van der Waals surface area (Å²) in [4.78, 5) is 0. The maximum absolute atomic E-state index is 9.91. The first-order valence-corrected chi connectivity index (χ1v) is 7.20. The van der Waals surface area contributed by atoms with Crippen LogP contribution in [0.5, 0.6) is 5.75 Å². The molecule has 2 nitrogen and oxygen atoms in total. The normalized spacial score (nSPS) is 12.4. The van der Waals surface area contributed by atoms with Gasteiger partial charge in [0.2, 0.25) is 0 Å². The molecular weight excluding hydrogens is 326 g/mol. The molecule has 2 rings (SSSR count). The molecule has 0 heterocycles. The summed E-state index contributed by atoms with van der Waals surface area (Å²) in [5, 5.41) is 14.0. The molecule has 0 fully saturated rings. The van der Waals surface area contributed by atoms with E-state index in [1.165, 1.54) is 5.56 Å². The van der Waals surface area contributed by atoms with Crippen molar-refractivity contribution in [3.63, 3.8) is 0 Å². The summed E-state index contributed by atoms with van der Waals surface area (Å²) in [5.41, 5.74) is 2.04. The largest absolute Gasteiger partial charge is 0.506 e. The summed E-state index contributed by atoms with van der Waals surface area (Å²) in [6, 6.07) is 13.6. The van der Waals surface area contributed by atoms with Gasteiger partial charge in [-0.15, -0.1) is 0 Å². The maximum atomic E-state index is 9.91. The SMILES string of the molecule is C[C@H](NCc1cccc(Br)c1O)c1ccc(Cl)cc1. The third kappa shape index (κ3) is 3.72. The highest BCUT2D eigenvalue weighted by Crippen LogP contribution is 2.27. The van der Waals surface area contributed by atoms with Crippen LogP contribution in [0.3, 0.4) is 0 Å². The van der Waals surface area contributed by atoms with E-state index in [1.807, 2.05) is 42.5 Å². The van der Waals surface area contributed by atoms with Crippen molar-refractivity contribution in [1.82, 2.24) is 5.32 Å². The summed E-state index contributed by atoms with van der Waals surface area (Å²) in [6.45, 7) is 2.69. The van der Waals surface area contributed by atoms with Crippen molar-refractivity contribution >= 4 is 27.5 Å². The molecule has 0 aromatic heterocycles. The number of aromatic hydroxyl groups is 1. The second kappa shape index (κ2) is 6.42. The van der Waals surface area contributed by atoms with Crippen LogP contribution in [0.4, 0.5) is 0 Å². The smallest absolute Gasteiger partial charge is 0.134 e. The Morgan fingerprint density at radius 2 is 1.89 bits per heavy atom. The van der Waals surface area contributed by atoms with Gasteiger partial charge in [-0.25, -0.2) is 0 Å². The van der Waals surface area contributed by atoms with Crippen molar-refractivity contribution in [3.8, 4) is 5.75 Å². The Labute approximate surface area is 126 Å². The molecule has 0 radical (unpaired) electrons. The van der Waals surface area contributed by atoms with E-state index in [0.29, 0.717) is 16.8 Å². The molecular formula is C15H15BrClNO. The number of para-hydroxylation sites is 1. The lowest BCUT2D eigenvalue weighted by Crippen LogP contribution is -2.18. The number of halogens is 2. The predicted molar refractivity (Wildman–Crippen MR) is 82.5 cm³/mol. The second-order valence-electron chi connectivity index (χ2n) is 4.40. The molecule has 0 saturated heterocycles. The third-order valence-corrected chi connectivity index (χ3v) is 3.93. The van der Waals surface area contributed by atoms with Crippen molar-refractivity contribution in [3.05, 3.63) is 63.1 Å². The lowest BCUT2D eigenvalue weighted by atomic mass is 10.1. The molecule has 2 aromatic carbocycles. The number of nitrogens with one attached hydrogen (secondary N) is 1. The Morgan fingerprint density at radius 1 is 1.21 bits per heavy atom. The average Bonchev–Trinajstić information content (AvgIpc) is 2.41. The van der Waals surface area contributed by atoms with Crippen molar-refractivity contribution in [2.75, 3.05) is 0 Å². The molecule has 1 atom stereocenters. The number of phenolic OH excluding ortho intramolecular Hbond substituents is 1. The van der Waals surface area contributed by atoms with Crippen LogP contribution in [-0.4, -0.2) is 5.11 Å². The highest BCUT2D eigenvalue weighted by Gasteiger charge is 2.08. The standard InChI is InChI=1S/C15H15BrClNO/c1-10(11-5-7-13(17)8-6-11)18-9-12-3-2-4-14(16)15(12)19/h2-8,10,18-19H,9H2,1H3/t10-/m0/s1. The van der Waals surface area contributed by atoms with E-state index in [9.17, 15) is 5.11 Å². The molecule has 0 amide bonds. The highest BCUT2D eigenvalue weighted by molar-refractivity contribution is 9.10. The van der Waals surface area contributed by atoms with E-state index in [4.69, 9.17) is 11.6 Å². The summed E-state index contributed by atoms with van der Waals surface area (Å²) < 4.78 is 0.714. The molecule has 0 spiro atoms. The van der Waals surface area contributed by atoms with Crippen LogP contribution in [0.1, 0.15) is 24.1 Å². The van der Waals surface area contributed by atoms with E-state index < -0.39 is 0 Å². The molecule has 2 N–H and O–H groups in total. The lowest BCUT2D eigenvalue weighted by Gasteiger charge is -2.15. The molecule has 4 heteroatoms. The van der Waals surface area contributed by atoms with Gasteiger partial charge in [0.1, 0.15) is 5.75 Å². The van der Waals surface area contributed by atoms with Crippen LogP contribution < -0.4 is 5.32 Å². The molecule has 0 aliphatic heterocycles. The fourth-order valence-corrected chi connectivity index (χ4v) is 2.37. The highest BCUT2D eigenvalue weighted by atomic mass is 79.9. The van der Waals surface area contributed by atoms with E-state index in [1.54, 1.807) is 0 Å². The first-order chi connectivity index (χ1) is 9.08. The Balaban J connectivity index is 2.02. The van der Waals surface area contributed by atoms with Crippen LogP contribution in [0.25, 0.3) is 0 Å². The summed E-state index contributed by atoms with van der Waals surface area (Å²) >= 11 is 9.18. The molecule has 100 valence electrons. The topological polar surface area (TPSA) is 32.3 Å². The molecule has 2 aromatic rings. The number of phenols is 1. The first kappa shape index (κ1) is 14.4. The van der Waals surface area contributed by atoms with Crippen molar-refractivity contribution in [1.29, 1.82) is 0 Å². The van der Waals surface area contributed by atoms with Gasteiger partial charge >= 0.3 is 0 Å². The molecule has 0 bridgehead atoms. The van der Waals surface area contributed by atoms with Gasteiger partial charge in [0.25, 0.3) is 0 Å². The first-order valence-electron chi connectivity index (χ1n) is 6.03. The molecule has 0 unspecified atom stereocenters. The predicted octanol–water partition coefficient (Wildman–Crippen LogP) is 4.66. The molecule has 0 saturated carbocycles. The minimum Gasteiger partial charge on any atom is -0.506 e. The quantitative estimate of drug-likeness (QED) is 0.848. The van der Waals surface area contributed by atoms with Gasteiger partial charge in [0.05, 0.1) is 4.47 Å². The average molecular weight is 341 g/mol. The van der Waals surface area contributed by atoms with Gasteiger partial charge in [0, 0.05) is 23.2 Å². The Kier molecular flexibility index (Phi) is 4.86. The fraction of sp³-hybridized carbons (Fsp3) is 0.200. The number of rotatable bonds is 4. The van der Waals surface area contributed by atoms with Gasteiger partial charge in [-0.2, -0.15) is 0 Å². The molecule has 19 heavy (non-hydrogen) atoms. The van der Waals surface area contributed by atoms with Crippen LogP contribution in [-0.2, 0) is 6.54 Å². The van der Waals surface area contributed by atoms with E-state index >= 15 is 0 Å². The van der Waals surface area contributed by atoms with Crippen molar-refractivity contribution in [2.45, 2.75) is 19.5 Å². The minimum atomic E-state index is 0.190. The minimum absolute atomic E-state index is 0.190. The van der Waals surface area contributed by atoms with Gasteiger partial charge in [0.15, 0.2) is 0 Å². The van der Waals surface area contributed by atoms with Gasteiger partial charge in [-0.05, 0) is 46.6 Å². The summed E-state index contributed by atoms with van der Waals surface area (Å²) in [5.74, 6) is 0.290. The Morgan fingerprint density at radius 3 is 2.58 bits per heavy atom. The zero-order chi connectivity index (χ0) is 13.8.